The van der Waals surface area contributed by atoms with Crippen molar-refractivity contribution in [3.63, 3.8) is 0 Å². The van der Waals surface area contributed by atoms with Crippen LogP contribution in [0.4, 0.5) is 0 Å². The van der Waals surface area contributed by atoms with Crippen LogP contribution in [0.5, 0.6) is 0 Å². The second kappa shape index (κ2) is 3.55. The minimum absolute atomic E-state index is 0.199. The smallest absolute Gasteiger partial charge is 0.150 e. The Morgan fingerprint density at radius 2 is 2.00 bits per heavy atom. The number of aromatic nitrogens is 2. The van der Waals surface area contributed by atoms with E-state index in [1.54, 1.807) is 6.20 Å². The molecule has 2 fully saturated rings. The first-order valence-corrected chi connectivity index (χ1v) is 7.86. The summed E-state index contributed by atoms with van der Waals surface area (Å²) in [4.78, 5) is 0. The van der Waals surface area contributed by atoms with Gasteiger partial charge in [0.1, 0.15) is 9.84 Å². The van der Waals surface area contributed by atoms with Gasteiger partial charge >= 0.3 is 0 Å². The standard InChI is InChI=1S/C11H17N3O2S/c12-11(4-5-11)10-1-6-13-14(10)9-2-7-17(15,16)8-3-9/h1,6,9H,2-5,7-8,12H2. The van der Waals surface area contributed by atoms with Crippen LogP contribution in [0.3, 0.4) is 0 Å². The number of hydrogen-bond donors (Lipinski definition) is 1. The van der Waals surface area contributed by atoms with E-state index in [1.165, 1.54) is 0 Å². The highest BCUT2D eigenvalue weighted by molar-refractivity contribution is 7.91. The minimum Gasteiger partial charge on any atom is -0.320 e. The number of rotatable bonds is 2. The Kier molecular flexibility index (Phi) is 2.35. The van der Waals surface area contributed by atoms with Crippen LogP contribution in [0.25, 0.3) is 0 Å². The van der Waals surface area contributed by atoms with Crippen LogP contribution in [0.15, 0.2) is 12.3 Å². The van der Waals surface area contributed by atoms with Gasteiger partial charge in [0.2, 0.25) is 0 Å². The zero-order valence-electron chi connectivity index (χ0n) is 9.67. The van der Waals surface area contributed by atoms with Gasteiger partial charge in [-0.15, -0.1) is 0 Å². The molecule has 2 N–H and O–H groups in total. The molecule has 6 heteroatoms. The Morgan fingerprint density at radius 3 is 2.59 bits per heavy atom. The Balaban J connectivity index is 1.84. The lowest BCUT2D eigenvalue weighted by atomic mass is 10.1. The van der Waals surface area contributed by atoms with E-state index < -0.39 is 9.84 Å². The molecule has 0 atom stereocenters. The van der Waals surface area contributed by atoms with Crippen molar-refractivity contribution in [3.05, 3.63) is 18.0 Å². The van der Waals surface area contributed by atoms with Gasteiger partial charge in [0.25, 0.3) is 0 Å². The molecule has 1 aliphatic heterocycles. The molecule has 3 rings (SSSR count). The van der Waals surface area contributed by atoms with E-state index in [4.69, 9.17) is 5.73 Å². The van der Waals surface area contributed by atoms with Gasteiger partial charge in [-0.05, 0) is 31.7 Å². The lowest BCUT2D eigenvalue weighted by Crippen LogP contribution is -2.30. The Hall–Kier alpha value is -0.880. The van der Waals surface area contributed by atoms with Crippen LogP contribution < -0.4 is 5.73 Å². The fraction of sp³-hybridized carbons (Fsp3) is 0.727. The summed E-state index contributed by atoms with van der Waals surface area (Å²) >= 11 is 0. The van der Waals surface area contributed by atoms with Gasteiger partial charge in [-0.3, -0.25) is 4.68 Å². The van der Waals surface area contributed by atoms with E-state index in [0.717, 1.165) is 18.5 Å². The molecular formula is C11H17N3O2S. The van der Waals surface area contributed by atoms with E-state index in [0.29, 0.717) is 12.8 Å². The first kappa shape index (κ1) is 11.2. The van der Waals surface area contributed by atoms with Crippen molar-refractivity contribution in [2.75, 3.05) is 11.5 Å². The van der Waals surface area contributed by atoms with Crippen LogP contribution in [-0.4, -0.2) is 29.7 Å². The number of nitrogens with zero attached hydrogens (tertiary/aromatic N) is 2. The summed E-state index contributed by atoms with van der Waals surface area (Å²) in [6.07, 6.45) is 5.10. The average molecular weight is 255 g/mol. The Morgan fingerprint density at radius 1 is 1.35 bits per heavy atom. The third kappa shape index (κ3) is 1.99. The van der Waals surface area contributed by atoms with Gasteiger partial charge < -0.3 is 5.73 Å². The summed E-state index contributed by atoms with van der Waals surface area (Å²) in [6.45, 7) is 0. The third-order valence-corrected chi connectivity index (χ3v) is 5.55. The Labute approximate surface area is 101 Å². The van der Waals surface area contributed by atoms with Crippen molar-refractivity contribution in [3.8, 4) is 0 Å². The number of sulfone groups is 1. The molecule has 0 aromatic carbocycles. The van der Waals surface area contributed by atoms with Gasteiger partial charge in [-0.2, -0.15) is 5.10 Å². The molecule has 17 heavy (non-hydrogen) atoms. The zero-order valence-corrected chi connectivity index (χ0v) is 10.5. The molecule has 1 aliphatic carbocycles. The van der Waals surface area contributed by atoms with Gasteiger partial charge in [0.05, 0.1) is 28.8 Å². The van der Waals surface area contributed by atoms with Crippen LogP contribution in [0.1, 0.15) is 37.4 Å². The lowest BCUT2D eigenvalue weighted by molar-refractivity contribution is 0.389. The highest BCUT2D eigenvalue weighted by atomic mass is 32.2. The van der Waals surface area contributed by atoms with E-state index in [2.05, 4.69) is 5.10 Å². The van der Waals surface area contributed by atoms with Gasteiger partial charge in [-0.1, -0.05) is 0 Å². The molecule has 2 aliphatic rings. The van der Waals surface area contributed by atoms with Gasteiger partial charge in [-0.25, -0.2) is 8.42 Å². The topological polar surface area (TPSA) is 78.0 Å². The van der Waals surface area contributed by atoms with Crippen LogP contribution in [0, 0.1) is 0 Å². The normalized spacial score (nSPS) is 26.9. The van der Waals surface area contributed by atoms with Crippen molar-refractivity contribution >= 4 is 9.84 Å². The predicted octanol–water partition coefficient (Wildman–Crippen LogP) is 0.581. The molecular weight excluding hydrogens is 238 g/mol. The molecule has 1 aromatic heterocycles. The summed E-state index contributed by atoms with van der Waals surface area (Å²) in [6, 6.07) is 2.17. The van der Waals surface area contributed by atoms with E-state index >= 15 is 0 Å². The van der Waals surface area contributed by atoms with E-state index in [1.807, 2.05) is 10.7 Å². The summed E-state index contributed by atoms with van der Waals surface area (Å²) < 4.78 is 24.8. The van der Waals surface area contributed by atoms with Gasteiger partial charge in [0.15, 0.2) is 0 Å². The molecule has 0 amide bonds. The SMILES string of the molecule is NC1(c2ccnn2C2CCS(=O)(=O)CC2)CC1. The Bertz CT molecular complexity index is 517. The second-order valence-corrected chi connectivity index (χ2v) is 7.50. The molecule has 0 bridgehead atoms. The fourth-order valence-electron chi connectivity index (χ4n) is 2.51. The summed E-state index contributed by atoms with van der Waals surface area (Å²) in [5.41, 5.74) is 7.06. The number of hydrogen-bond acceptors (Lipinski definition) is 4. The summed E-state index contributed by atoms with van der Waals surface area (Å²) in [7, 11) is -2.81. The molecule has 1 saturated heterocycles. The quantitative estimate of drug-likeness (QED) is 0.838. The molecule has 0 unspecified atom stereocenters. The van der Waals surface area contributed by atoms with Crippen molar-refractivity contribution < 1.29 is 8.42 Å². The molecule has 2 heterocycles. The molecule has 1 aromatic rings. The monoisotopic (exact) mass is 255 g/mol. The first-order valence-electron chi connectivity index (χ1n) is 6.03. The van der Waals surface area contributed by atoms with Crippen molar-refractivity contribution in [2.45, 2.75) is 37.3 Å². The highest BCUT2D eigenvalue weighted by Crippen LogP contribution is 2.43. The molecule has 94 valence electrons. The summed E-state index contributed by atoms with van der Waals surface area (Å²) in [5.74, 6) is 0.545. The predicted molar refractivity (Wildman–Crippen MR) is 64.3 cm³/mol. The minimum atomic E-state index is -2.81. The van der Waals surface area contributed by atoms with Crippen molar-refractivity contribution in [1.29, 1.82) is 0 Å². The second-order valence-electron chi connectivity index (χ2n) is 5.20. The molecule has 5 nitrogen and oxygen atoms in total. The lowest BCUT2D eigenvalue weighted by Gasteiger charge is -2.25. The highest BCUT2D eigenvalue weighted by Gasteiger charge is 2.43. The number of nitrogens with two attached hydrogens (primary N) is 1. The fourth-order valence-corrected chi connectivity index (χ4v) is 3.98. The third-order valence-electron chi connectivity index (χ3n) is 3.84. The largest absolute Gasteiger partial charge is 0.320 e. The summed E-state index contributed by atoms with van der Waals surface area (Å²) in [5, 5.41) is 4.34. The average Bonchev–Trinajstić information content (AvgIpc) is 2.83. The molecule has 0 spiro atoms. The van der Waals surface area contributed by atoms with E-state index in [-0.39, 0.29) is 23.1 Å². The van der Waals surface area contributed by atoms with Crippen molar-refractivity contribution in [1.82, 2.24) is 9.78 Å². The molecule has 1 saturated carbocycles. The molecule has 0 radical (unpaired) electrons. The van der Waals surface area contributed by atoms with Crippen LogP contribution in [-0.2, 0) is 15.4 Å². The van der Waals surface area contributed by atoms with Crippen LogP contribution >= 0.6 is 0 Å². The maximum Gasteiger partial charge on any atom is 0.150 e. The maximum atomic E-state index is 11.4. The van der Waals surface area contributed by atoms with Crippen LogP contribution in [0.2, 0.25) is 0 Å². The first-order chi connectivity index (χ1) is 8.00. The van der Waals surface area contributed by atoms with Gasteiger partial charge in [0, 0.05) is 6.20 Å². The van der Waals surface area contributed by atoms with Crippen molar-refractivity contribution in [2.24, 2.45) is 5.73 Å². The maximum absolute atomic E-state index is 11.4. The zero-order chi connectivity index (χ0) is 12.1. The van der Waals surface area contributed by atoms with E-state index in [9.17, 15) is 8.42 Å².